The van der Waals surface area contributed by atoms with E-state index < -0.39 is 11.8 Å². The minimum absolute atomic E-state index is 0.112. The molecule has 5 rings (SSSR count). The molecule has 2 amide bonds. The molecule has 0 unspecified atom stereocenters. The molecule has 0 aliphatic rings. The van der Waals surface area contributed by atoms with E-state index in [-0.39, 0.29) is 17.1 Å². The number of benzene rings is 3. The molecule has 0 saturated heterocycles. The Labute approximate surface area is 217 Å². The monoisotopic (exact) mass is 502 g/mol. The minimum atomic E-state index is -0.481. The van der Waals surface area contributed by atoms with E-state index in [2.05, 4.69) is 31.0 Å². The van der Waals surface area contributed by atoms with Crippen molar-refractivity contribution in [3.05, 3.63) is 113 Å². The fourth-order valence-corrected chi connectivity index (χ4v) is 3.85. The number of para-hydroxylation sites is 2. The maximum atomic E-state index is 12.5. The van der Waals surface area contributed by atoms with E-state index in [1.807, 2.05) is 67.6 Å². The summed E-state index contributed by atoms with van der Waals surface area (Å²) in [7, 11) is 0. The molecule has 2 aromatic heterocycles. The predicted molar refractivity (Wildman–Crippen MR) is 146 cm³/mol. The largest absolute Gasteiger partial charge is 0.507 e. The lowest BCUT2D eigenvalue weighted by Gasteiger charge is -2.06. The number of phenols is 1. The van der Waals surface area contributed by atoms with Gasteiger partial charge in [0.1, 0.15) is 17.1 Å². The van der Waals surface area contributed by atoms with E-state index in [1.54, 1.807) is 24.3 Å². The highest BCUT2D eigenvalue weighted by molar-refractivity contribution is 5.98. The maximum absolute atomic E-state index is 12.5. The van der Waals surface area contributed by atoms with Crippen LogP contribution in [0.15, 0.2) is 95.1 Å². The summed E-state index contributed by atoms with van der Waals surface area (Å²) in [6.45, 7) is 1.84. The fourth-order valence-electron chi connectivity index (χ4n) is 3.85. The molecular weight excluding hydrogens is 480 g/mol. The van der Waals surface area contributed by atoms with Crippen LogP contribution in [-0.2, 0) is 0 Å². The van der Waals surface area contributed by atoms with Gasteiger partial charge in [-0.1, -0.05) is 48.5 Å². The van der Waals surface area contributed by atoms with Gasteiger partial charge in [-0.25, -0.2) is 20.8 Å². The van der Waals surface area contributed by atoms with Gasteiger partial charge in [0.2, 0.25) is 0 Å². The highest BCUT2D eigenvalue weighted by Crippen LogP contribution is 2.22. The highest BCUT2D eigenvalue weighted by atomic mass is 16.3. The molecule has 2 heterocycles. The summed E-state index contributed by atoms with van der Waals surface area (Å²) in [6, 6.07) is 25.2. The van der Waals surface area contributed by atoms with Gasteiger partial charge < -0.3 is 5.11 Å². The molecule has 0 spiro atoms. The normalized spacial score (nSPS) is 11.4. The lowest BCUT2D eigenvalue weighted by Crippen LogP contribution is -2.19. The van der Waals surface area contributed by atoms with E-state index in [0.29, 0.717) is 22.2 Å². The topological polar surface area (TPSA) is 129 Å². The Bertz CT molecular complexity index is 1620. The second-order valence-corrected chi connectivity index (χ2v) is 8.47. The fraction of sp³-hybridized carbons (Fsp3) is 0.0345. The number of carbonyl (C=O) groups is 2. The van der Waals surface area contributed by atoms with Gasteiger partial charge in [0.15, 0.2) is 0 Å². The average Bonchev–Trinajstić information content (AvgIpc) is 2.94. The molecule has 0 atom stereocenters. The Morgan fingerprint density at radius 2 is 1.16 bits per heavy atom. The summed E-state index contributed by atoms with van der Waals surface area (Å²) < 4.78 is 0. The number of hydrogen-bond donors (Lipinski definition) is 3. The van der Waals surface area contributed by atoms with E-state index in [0.717, 1.165) is 16.3 Å². The first-order chi connectivity index (χ1) is 18.5. The van der Waals surface area contributed by atoms with E-state index in [1.165, 1.54) is 12.4 Å². The number of aryl methyl sites for hydroxylation is 1. The molecular formula is C29H22N6O3. The molecule has 0 aliphatic heterocycles. The van der Waals surface area contributed by atoms with Gasteiger partial charge in [-0.15, -0.1) is 0 Å². The number of hydrazone groups is 2. The summed E-state index contributed by atoms with van der Waals surface area (Å²) in [6.07, 6.45) is 2.66. The SMILES string of the molecule is Cc1cc(/C=N/NC(=O)c2ccc3ccccc3n2)c(O)c(/C=N/NC(=O)c2ccc3ccccc3n2)c1. The van der Waals surface area contributed by atoms with Crippen LogP contribution in [0.25, 0.3) is 21.8 Å². The lowest BCUT2D eigenvalue weighted by atomic mass is 10.1. The Morgan fingerprint density at radius 3 is 1.63 bits per heavy atom. The summed E-state index contributed by atoms with van der Waals surface area (Å²) in [5.74, 6) is -1.07. The van der Waals surface area contributed by atoms with Crippen molar-refractivity contribution in [1.82, 2.24) is 20.8 Å². The molecule has 3 aromatic carbocycles. The van der Waals surface area contributed by atoms with Crippen LogP contribution in [0, 0.1) is 6.92 Å². The first kappa shape index (κ1) is 24.3. The average molecular weight is 503 g/mol. The Kier molecular flexibility index (Phi) is 6.81. The van der Waals surface area contributed by atoms with E-state index in [9.17, 15) is 14.7 Å². The van der Waals surface area contributed by atoms with Gasteiger partial charge in [-0.3, -0.25) is 9.59 Å². The molecule has 0 saturated carbocycles. The van der Waals surface area contributed by atoms with Gasteiger partial charge in [0.05, 0.1) is 23.5 Å². The number of rotatable bonds is 6. The number of pyridine rings is 2. The van der Waals surface area contributed by atoms with Crippen LogP contribution in [0.5, 0.6) is 5.75 Å². The van der Waals surface area contributed by atoms with Crippen LogP contribution in [0.4, 0.5) is 0 Å². The molecule has 9 heteroatoms. The Hall–Kier alpha value is -5.44. The molecule has 0 radical (unpaired) electrons. The molecule has 9 nitrogen and oxygen atoms in total. The van der Waals surface area contributed by atoms with Crippen molar-refractivity contribution in [3.63, 3.8) is 0 Å². The predicted octanol–water partition coefficient (Wildman–Crippen LogP) is 4.32. The summed E-state index contributed by atoms with van der Waals surface area (Å²) in [5, 5.41) is 20.5. The lowest BCUT2D eigenvalue weighted by molar-refractivity contribution is 0.0942. The molecule has 186 valence electrons. The number of nitrogens with one attached hydrogen (secondary N) is 2. The first-order valence-electron chi connectivity index (χ1n) is 11.7. The van der Waals surface area contributed by atoms with Gasteiger partial charge in [-0.2, -0.15) is 10.2 Å². The zero-order valence-corrected chi connectivity index (χ0v) is 20.3. The van der Waals surface area contributed by atoms with Crippen molar-refractivity contribution >= 4 is 46.0 Å². The summed E-state index contributed by atoms with van der Waals surface area (Å²) in [5.41, 5.74) is 8.24. The number of aromatic nitrogens is 2. The quantitative estimate of drug-likeness (QED) is 0.235. The summed E-state index contributed by atoms with van der Waals surface area (Å²) >= 11 is 0. The van der Waals surface area contributed by atoms with Gasteiger partial charge in [0.25, 0.3) is 11.8 Å². The number of hydrogen-bond acceptors (Lipinski definition) is 7. The van der Waals surface area contributed by atoms with Gasteiger partial charge in [-0.05, 0) is 48.9 Å². The van der Waals surface area contributed by atoms with Crippen LogP contribution >= 0.6 is 0 Å². The van der Waals surface area contributed by atoms with Crippen molar-refractivity contribution in [2.24, 2.45) is 10.2 Å². The van der Waals surface area contributed by atoms with E-state index in [4.69, 9.17) is 0 Å². The smallest absolute Gasteiger partial charge is 0.289 e. The minimum Gasteiger partial charge on any atom is -0.507 e. The zero-order chi connectivity index (χ0) is 26.5. The summed E-state index contributed by atoms with van der Waals surface area (Å²) in [4.78, 5) is 33.6. The van der Waals surface area contributed by atoms with Crippen molar-refractivity contribution in [2.75, 3.05) is 0 Å². The number of phenolic OH excluding ortho intramolecular Hbond substituents is 1. The highest BCUT2D eigenvalue weighted by Gasteiger charge is 2.10. The molecule has 0 aliphatic carbocycles. The van der Waals surface area contributed by atoms with Crippen molar-refractivity contribution in [2.45, 2.75) is 6.92 Å². The van der Waals surface area contributed by atoms with Gasteiger partial charge in [0, 0.05) is 21.9 Å². The van der Waals surface area contributed by atoms with Gasteiger partial charge >= 0.3 is 0 Å². The third kappa shape index (κ3) is 5.36. The second kappa shape index (κ2) is 10.7. The van der Waals surface area contributed by atoms with Crippen LogP contribution < -0.4 is 10.9 Å². The zero-order valence-electron chi connectivity index (χ0n) is 20.3. The van der Waals surface area contributed by atoms with Crippen molar-refractivity contribution < 1.29 is 14.7 Å². The third-order valence-corrected chi connectivity index (χ3v) is 5.71. The molecule has 0 bridgehead atoms. The Balaban J connectivity index is 1.26. The molecule has 38 heavy (non-hydrogen) atoms. The van der Waals surface area contributed by atoms with Crippen LogP contribution in [0.2, 0.25) is 0 Å². The number of fused-ring (bicyclic) bond motifs is 2. The standard InChI is InChI=1S/C29H22N6O3/c1-18-14-21(16-30-34-28(37)25-12-10-19-6-2-4-8-23(19)32-25)27(36)22(15-18)17-31-35-29(38)26-13-11-20-7-3-5-9-24(20)33-26/h2-17,36H,1H3,(H,34,37)(H,35,38)/b30-16+,31-17+. The number of amides is 2. The molecule has 3 N–H and O–H groups in total. The van der Waals surface area contributed by atoms with Crippen LogP contribution in [-0.4, -0.2) is 39.3 Å². The molecule has 0 fully saturated rings. The number of carbonyl (C=O) groups excluding carboxylic acids is 2. The molecule has 5 aromatic rings. The number of nitrogens with zero attached hydrogens (tertiary/aromatic N) is 4. The van der Waals surface area contributed by atoms with Crippen molar-refractivity contribution in [3.8, 4) is 5.75 Å². The van der Waals surface area contributed by atoms with Crippen LogP contribution in [0.3, 0.4) is 0 Å². The third-order valence-electron chi connectivity index (χ3n) is 5.71. The second-order valence-electron chi connectivity index (χ2n) is 8.47. The van der Waals surface area contributed by atoms with Crippen molar-refractivity contribution in [1.29, 1.82) is 0 Å². The maximum Gasteiger partial charge on any atom is 0.289 e. The Morgan fingerprint density at radius 1 is 0.711 bits per heavy atom. The van der Waals surface area contributed by atoms with E-state index >= 15 is 0 Å². The first-order valence-corrected chi connectivity index (χ1v) is 11.7. The number of aromatic hydroxyl groups is 1. The van der Waals surface area contributed by atoms with Crippen LogP contribution in [0.1, 0.15) is 37.7 Å².